The summed E-state index contributed by atoms with van der Waals surface area (Å²) >= 11 is 0. The molecule has 0 radical (unpaired) electrons. The maximum Gasteiger partial charge on any atom is 0.287 e. The van der Waals surface area contributed by atoms with Gasteiger partial charge in [0.15, 0.2) is 5.82 Å². The summed E-state index contributed by atoms with van der Waals surface area (Å²) in [5.41, 5.74) is 0. The summed E-state index contributed by atoms with van der Waals surface area (Å²) in [6.45, 7) is 1.01. The fourth-order valence-electron chi connectivity index (χ4n) is 2.38. The number of imidazole rings is 1. The van der Waals surface area contributed by atoms with E-state index in [0.29, 0.717) is 31.3 Å². The van der Waals surface area contributed by atoms with Crippen molar-refractivity contribution in [2.45, 2.75) is 18.6 Å². The normalized spacial score (nSPS) is 21.3. The number of pyridine rings is 1. The highest BCUT2D eigenvalue weighted by atomic mass is 16.5. The summed E-state index contributed by atoms with van der Waals surface area (Å²) in [5.74, 6) is 0.672. The van der Waals surface area contributed by atoms with Crippen LogP contribution in [0.2, 0.25) is 0 Å². The largest absolute Gasteiger partial charge is 0.472 e. The van der Waals surface area contributed by atoms with Crippen molar-refractivity contribution >= 4 is 5.91 Å². The first kappa shape index (κ1) is 14.5. The first-order chi connectivity index (χ1) is 10.7. The average molecular weight is 302 g/mol. The van der Waals surface area contributed by atoms with Crippen LogP contribution in [-0.2, 0) is 11.8 Å². The molecule has 1 amide bonds. The molecular formula is C15H18N4O3. The van der Waals surface area contributed by atoms with E-state index in [1.807, 2.05) is 12.1 Å². The third kappa shape index (κ3) is 3.25. The molecule has 2 atom stereocenters. The summed E-state index contributed by atoms with van der Waals surface area (Å²) in [4.78, 5) is 20.5. The van der Waals surface area contributed by atoms with Gasteiger partial charge in [0.25, 0.3) is 5.91 Å². The van der Waals surface area contributed by atoms with Gasteiger partial charge in [-0.3, -0.25) is 4.79 Å². The maximum absolute atomic E-state index is 12.3. The maximum atomic E-state index is 12.3. The highest BCUT2D eigenvalue weighted by Gasteiger charge is 2.30. The minimum Gasteiger partial charge on any atom is -0.472 e. The van der Waals surface area contributed by atoms with Gasteiger partial charge in [0.05, 0.1) is 19.3 Å². The number of aromatic nitrogens is 3. The first-order valence-corrected chi connectivity index (χ1v) is 7.17. The topological polar surface area (TPSA) is 78.3 Å². The summed E-state index contributed by atoms with van der Waals surface area (Å²) in [6.07, 6.45) is 5.52. The zero-order valence-electron chi connectivity index (χ0n) is 12.3. The molecule has 0 aromatic carbocycles. The van der Waals surface area contributed by atoms with Crippen LogP contribution in [0.5, 0.6) is 5.88 Å². The van der Waals surface area contributed by atoms with E-state index in [1.54, 1.807) is 36.3 Å². The minimum atomic E-state index is -0.238. The zero-order chi connectivity index (χ0) is 15.4. The van der Waals surface area contributed by atoms with Crippen molar-refractivity contribution in [3.8, 4) is 5.88 Å². The number of nitrogens with zero attached hydrogens (tertiary/aromatic N) is 3. The number of carbonyl (C=O) groups is 1. The Hall–Kier alpha value is -2.41. The molecule has 22 heavy (non-hydrogen) atoms. The molecule has 1 aliphatic heterocycles. The van der Waals surface area contributed by atoms with Gasteiger partial charge in [-0.05, 0) is 6.07 Å². The lowest BCUT2D eigenvalue weighted by Gasteiger charge is -2.31. The second kappa shape index (κ2) is 6.57. The van der Waals surface area contributed by atoms with Gasteiger partial charge in [-0.15, -0.1) is 0 Å². The Balaban J connectivity index is 1.67. The van der Waals surface area contributed by atoms with Crippen LogP contribution in [0.3, 0.4) is 0 Å². The van der Waals surface area contributed by atoms with Gasteiger partial charge in [-0.2, -0.15) is 0 Å². The van der Waals surface area contributed by atoms with Gasteiger partial charge in [0.1, 0.15) is 6.10 Å². The van der Waals surface area contributed by atoms with Gasteiger partial charge >= 0.3 is 0 Å². The van der Waals surface area contributed by atoms with Crippen molar-refractivity contribution in [1.82, 2.24) is 19.9 Å². The summed E-state index contributed by atoms with van der Waals surface area (Å²) in [6, 6.07) is 5.26. The molecule has 0 spiro atoms. The third-order valence-corrected chi connectivity index (χ3v) is 3.54. The molecule has 3 heterocycles. The van der Waals surface area contributed by atoms with Gasteiger partial charge < -0.3 is 19.4 Å². The number of rotatable bonds is 4. The van der Waals surface area contributed by atoms with Gasteiger partial charge in [0.2, 0.25) is 5.88 Å². The lowest BCUT2D eigenvalue weighted by atomic mass is 10.1. The summed E-state index contributed by atoms with van der Waals surface area (Å²) in [5, 5.41) is 2.93. The van der Waals surface area contributed by atoms with E-state index in [9.17, 15) is 4.79 Å². The molecule has 1 fully saturated rings. The fourth-order valence-corrected chi connectivity index (χ4v) is 2.38. The first-order valence-electron chi connectivity index (χ1n) is 7.17. The van der Waals surface area contributed by atoms with Gasteiger partial charge in [0, 0.05) is 38.1 Å². The second-order valence-corrected chi connectivity index (χ2v) is 5.13. The Morgan fingerprint density at radius 3 is 3.05 bits per heavy atom. The van der Waals surface area contributed by atoms with Crippen molar-refractivity contribution in [3.05, 3.63) is 42.6 Å². The predicted molar refractivity (Wildman–Crippen MR) is 78.6 cm³/mol. The molecule has 0 unspecified atom stereocenters. The average Bonchev–Trinajstić information content (AvgIpc) is 2.96. The van der Waals surface area contributed by atoms with E-state index in [4.69, 9.17) is 9.47 Å². The highest BCUT2D eigenvalue weighted by Crippen LogP contribution is 2.16. The highest BCUT2D eigenvalue weighted by molar-refractivity contribution is 5.91. The number of amides is 1. The molecular weight excluding hydrogens is 284 g/mol. The Labute approximate surface area is 128 Å². The van der Waals surface area contributed by atoms with E-state index in [0.717, 1.165) is 0 Å². The second-order valence-electron chi connectivity index (χ2n) is 5.13. The van der Waals surface area contributed by atoms with Crippen LogP contribution in [-0.4, -0.2) is 45.8 Å². The number of aryl methyl sites for hydroxylation is 1. The Kier molecular flexibility index (Phi) is 4.34. The van der Waals surface area contributed by atoms with Crippen molar-refractivity contribution in [2.75, 3.05) is 13.2 Å². The van der Waals surface area contributed by atoms with Crippen molar-refractivity contribution < 1.29 is 14.3 Å². The molecule has 7 heteroatoms. The molecule has 1 N–H and O–H groups in total. The van der Waals surface area contributed by atoms with E-state index >= 15 is 0 Å². The standard InChI is InChI=1S/C15H18N4O3/c1-19-8-7-17-14(19)15(20)18-11-10-21-9-5-12(11)22-13-4-2-3-6-16-13/h2-4,6-8,11-12H,5,9-10H2,1H3,(H,18,20)/t11-,12-/m1/s1. The molecule has 0 saturated carbocycles. The van der Waals surface area contributed by atoms with E-state index in [1.165, 1.54) is 0 Å². The molecule has 1 aliphatic rings. The third-order valence-electron chi connectivity index (χ3n) is 3.54. The minimum absolute atomic E-state index is 0.173. The molecule has 7 nitrogen and oxygen atoms in total. The van der Waals surface area contributed by atoms with Crippen LogP contribution in [0.1, 0.15) is 17.0 Å². The fraction of sp³-hybridized carbons (Fsp3) is 0.400. The monoisotopic (exact) mass is 302 g/mol. The quantitative estimate of drug-likeness (QED) is 0.903. The van der Waals surface area contributed by atoms with Crippen LogP contribution < -0.4 is 10.1 Å². The van der Waals surface area contributed by atoms with Gasteiger partial charge in [-0.1, -0.05) is 6.07 Å². The Morgan fingerprint density at radius 1 is 1.41 bits per heavy atom. The van der Waals surface area contributed by atoms with Crippen LogP contribution in [0.15, 0.2) is 36.8 Å². The molecule has 0 bridgehead atoms. The lowest BCUT2D eigenvalue weighted by Crippen LogP contribution is -2.52. The van der Waals surface area contributed by atoms with E-state index in [-0.39, 0.29) is 18.1 Å². The van der Waals surface area contributed by atoms with E-state index < -0.39 is 0 Å². The van der Waals surface area contributed by atoms with Crippen molar-refractivity contribution in [1.29, 1.82) is 0 Å². The molecule has 2 aromatic heterocycles. The summed E-state index contributed by atoms with van der Waals surface area (Å²) < 4.78 is 13.0. The van der Waals surface area contributed by atoms with E-state index in [2.05, 4.69) is 15.3 Å². The smallest absolute Gasteiger partial charge is 0.287 e. The molecule has 116 valence electrons. The van der Waals surface area contributed by atoms with Gasteiger partial charge in [-0.25, -0.2) is 9.97 Å². The summed E-state index contributed by atoms with van der Waals surface area (Å²) in [7, 11) is 1.78. The number of hydrogen-bond donors (Lipinski definition) is 1. The van der Waals surface area contributed by atoms with Crippen LogP contribution in [0.4, 0.5) is 0 Å². The number of nitrogens with one attached hydrogen (secondary N) is 1. The molecule has 1 saturated heterocycles. The van der Waals surface area contributed by atoms with Crippen molar-refractivity contribution in [3.63, 3.8) is 0 Å². The Morgan fingerprint density at radius 2 is 2.32 bits per heavy atom. The zero-order valence-corrected chi connectivity index (χ0v) is 12.3. The number of carbonyl (C=O) groups excluding carboxylic acids is 1. The van der Waals surface area contributed by atoms with Crippen LogP contribution in [0.25, 0.3) is 0 Å². The molecule has 2 aromatic rings. The lowest BCUT2D eigenvalue weighted by molar-refractivity contribution is -0.00465. The predicted octanol–water partition coefficient (Wildman–Crippen LogP) is 0.781. The van der Waals surface area contributed by atoms with Crippen LogP contribution in [0, 0.1) is 0 Å². The van der Waals surface area contributed by atoms with Crippen LogP contribution >= 0.6 is 0 Å². The molecule has 3 rings (SSSR count). The molecule has 0 aliphatic carbocycles. The SMILES string of the molecule is Cn1ccnc1C(=O)N[C@@H]1COCC[C@H]1Oc1ccccn1. The van der Waals surface area contributed by atoms with Crippen molar-refractivity contribution in [2.24, 2.45) is 7.05 Å². The Bertz CT molecular complexity index is 629. The number of hydrogen-bond acceptors (Lipinski definition) is 5. The number of ether oxygens (including phenoxy) is 2.